The Kier molecular flexibility index (Phi) is 32.5. The fraction of sp³-hybridized carbons (Fsp3) is 0.167. The van der Waals surface area contributed by atoms with Gasteiger partial charge < -0.3 is 82.4 Å². The summed E-state index contributed by atoms with van der Waals surface area (Å²) in [7, 11) is 0. The van der Waals surface area contributed by atoms with Gasteiger partial charge in [-0.05, 0) is 204 Å². The highest BCUT2D eigenvalue weighted by Crippen LogP contribution is 2.30. The predicted molar refractivity (Wildman–Crippen MR) is 393 cm³/mol. The Morgan fingerprint density at radius 2 is 0.679 bits per heavy atom. The topological polar surface area (TPSA) is 357 Å². The van der Waals surface area contributed by atoms with Gasteiger partial charge in [0.1, 0.15) is 11.6 Å². The smallest absolute Gasteiger partial charge is 0.504 e. The van der Waals surface area contributed by atoms with Crippen molar-refractivity contribution in [2.75, 3.05) is 0 Å². The monoisotopic (exact) mass is 1560 g/mol. The third-order valence-electron chi connectivity index (χ3n) is 15.0. The second-order valence-electron chi connectivity index (χ2n) is 23.2. The highest BCUT2D eigenvalue weighted by molar-refractivity contribution is 9.10. The number of halogens is 7. The van der Waals surface area contributed by atoms with Crippen LogP contribution in [0, 0.1) is 12.7 Å². The van der Waals surface area contributed by atoms with Crippen molar-refractivity contribution in [3.05, 3.63) is 288 Å². The summed E-state index contributed by atoms with van der Waals surface area (Å²) in [6.07, 6.45) is -2.75. The number of ether oxygens (including phenoxy) is 1. The van der Waals surface area contributed by atoms with Crippen LogP contribution in [-0.2, 0) is 66.4 Å². The van der Waals surface area contributed by atoms with Crippen molar-refractivity contribution in [1.82, 2.24) is 26.6 Å². The van der Waals surface area contributed by atoms with Crippen LogP contribution in [0.15, 0.2) is 211 Å². The van der Waals surface area contributed by atoms with Crippen LogP contribution in [0.3, 0.4) is 0 Å². The molecule has 0 bridgehead atoms. The molecule has 10 aromatic carbocycles. The van der Waals surface area contributed by atoms with Crippen molar-refractivity contribution in [2.24, 2.45) is 0 Å². The molecule has 556 valence electrons. The fourth-order valence-corrected chi connectivity index (χ4v) is 9.70. The maximum absolute atomic E-state index is 13.1. The van der Waals surface area contributed by atoms with E-state index in [2.05, 4.69) is 47.3 Å². The van der Waals surface area contributed by atoms with E-state index < -0.39 is 6.36 Å². The standard InChI is InChI=1S/C17H16F3NO4.C17H18FNO3.C16H16ClNO3.C14H12BrNO3.C14H12ClNO3/c18-17(19,20)25-13-3-1-2-12(8-13)10-21-16(24)7-5-11-4-6-14(22)15(23)9-11;1-11-8-13(2-5-14(11)18)10-19-17(22)7-4-12-3-6-15(20)16(21)9-12;17-13-5-1-12(2-6-13)10-18-16(21)8-4-11-3-7-14(19)15(20)9-11;2*15-11-4-1-9(2-5-11)8-16-14(19)10-3-6-12(17)13(18)7-10/h1-4,6,8-9,22-23H,5,7,10H2,(H,21,24);2-3,5-6,8-9,20-21H,4,7,10H2,1H3,(H,19,22);1-3,5-7,9,19-20H,4,8,10H2,(H,18,21);2*1-7,17-18H,8H2,(H,16,19). The van der Waals surface area contributed by atoms with Gasteiger partial charge in [-0.25, -0.2) is 4.39 Å². The van der Waals surface area contributed by atoms with Crippen molar-refractivity contribution < 1.29 is 97.3 Å². The Morgan fingerprint density at radius 3 is 1.03 bits per heavy atom. The quantitative estimate of drug-likeness (QED) is 0.0221. The molecule has 0 heterocycles. The predicted octanol–water partition coefficient (Wildman–Crippen LogP) is 14.5. The van der Waals surface area contributed by atoms with Gasteiger partial charge in [0.25, 0.3) is 11.8 Å². The third kappa shape index (κ3) is 30.2. The number of nitrogens with one attached hydrogen (secondary N) is 5. The van der Waals surface area contributed by atoms with Gasteiger partial charge >= 0.3 is 6.36 Å². The number of amides is 5. The van der Waals surface area contributed by atoms with E-state index in [1.54, 1.807) is 67.6 Å². The minimum Gasteiger partial charge on any atom is -0.504 e. The molecule has 10 aromatic rings. The third-order valence-corrected chi connectivity index (χ3v) is 16.0. The number of carbonyl (C=O) groups excluding carboxylic acids is 5. The van der Waals surface area contributed by atoms with Gasteiger partial charge in [0.15, 0.2) is 57.5 Å². The maximum atomic E-state index is 13.1. The van der Waals surface area contributed by atoms with E-state index in [1.807, 2.05) is 48.5 Å². The van der Waals surface area contributed by atoms with Crippen molar-refractivity contribution in [2.45, 2.75) is 84.5 Å². The van der Waals surface area contributed by atoms with E-state index in [-0.39, 0.29) is 124 Å². The summed E-state index contributed by atoms with van der Waals surface area (Å²) in [6.45, 7) is 3.30. The largest absolute Gasteiger partial charge is 0.573 e. The zero-order chi connectivity index (χ0) is 77.5. The summed E-state index contributed by atoms with van der Waals surface area (Å²) >= 11 is 14.9. The number of carbonyl (C=O) groups is 5. The zero-order valence-corrected chi connectivity index (χ0v) is 59.6. The van der Waals surface area contributed by atoms with Gasteiger partial charge in [0.05, 0.1) is 0 Å². The molecule has 0 aliphatic heterocycles. The average molecular weight is 1560 g/mol. The van der Waals surface area contributed by atoms with E-state index >= 15 is 0 Å². The number of phenols is 10. The average Bonchev–Trinajstić information content (AvgIpc) is 0.923. The van der Waals surface area contributed by atoms with Crippen molar-refractivity contribution >= 4 is 68.7 Å². The number of hydrogen-bond donors (Lipinski definition) is 15. The number of alkyl halides is 3. The maximum Gasteiger partial charge on any atom is 0.573 e. The number of rotatable bonds is 22. The van der Waals surface area contributed by atoms with Crippen LogP contribution in [0.5, 0.6) is 63.2 Å². The van der Waals surface area contributed by atoms with E-state index in [4.69, 9.17) is 28.3 Å². The summed E-state index contributed by atoms with van der Waals surface area (Å²) in [5, 5.41) is 108. The minimum atomic E-state index is -4.77. The first-order valence-corrected chi connectivity index (χ1v) is 33.7. The van der Waals surface area contributed by atoms with Crippen molar-refractivity contribution in [1.29, 1.82) is 0 Å². The lowest BCUT2D eigenvalue weighted by molar-refractivity contribution is -0.274. The molecule has 106 heavy (non-hydrogen) atoms. The van der Waals surface area contributed by atoms with Crippen LogP contribution >= 0.6 is 39.1 Å². The number of aryl methyl sites for hydroxylation is 4. The van der Waals surface area contributed by atoms with E-state index in [1.165, 1.54) is 97.1 Å². The Balaban J connectivity index is 0.000000208. The molecule has 0 radical (unpaired) electrons. The molecule has 0 spiro atoms. The Labute approximate surface area is 624 Å². The van der Waals surface area contributed by atoms with Crippen LogP contribution in [-0.4, -0.2) is 87.0 Å². The molecule has 0 aliphatic rings. The Hall–Kier alpha value is -11.9. The number of benzene rings is 10. The van der Waals surface area contributed by atoms with Gasteiger partial charge in [0.2, 0.25) is 17.7 Å². The molecule has 28 heteroatoms. The molecule has 10 rings (SSSR count). The lowest BCUT2D eigenvalue weighted by atomic mass is 10.1. The molecule has 0 aliphatic carbocycles. The first-order chi connectivity index (χ1) is 50.3. The van der Waals surface area contributed by atoms with E-state index in [9.17, 15) is 87.5 Å². The van der Waals surface area contributed by atoms with Crippen molar-refractivity contribution in [3.63, 3.8) is 0 Å². The van der Waals surface area contributed by atoms with Gasteiger partial charge in [-0.2, -0.15) is 0 Å². The molecule has 0 aromatic heterocycles. The molecule has 0 saturated heterocycles. The van der Waals surface area contributed by atoms with E-state index in [0.717, 1.165) is 37.9 Å². The number of phenolic OH excluding ortho intramolecular Hbond substituents is 10. The Morgan fingerprint density at radius 1 is 0.368 bits per heavy atom. The minimum absolute atomic E-state index is 0.0642. The zero-order valence-electron chi connectivity index (χ0n) is 56.5. The highest BCUT2D eigenvalue weighted by atomic mass is 79.9. The fourth-order valence-electron chi connectivity index (χ4n) is 9.19. The van der Waals surface area contributed by atoms with Gasteiger partial charge in [-0.3, -0.25) is 24.0 Å². The summed E-state index contributed by atoms with van der Waals surface area (Å²) < 4.78 is 54.5. The lowest BCUT2D eigenvalue weighted by Crippen LogP contribution is -2.23. The first-order valence-electron chi connectivity index (χ1n) is 32.1. The molecule has 0 saturated carbocycles. The van der Waals surface area contributed by atoms with Gasteiger partial charge in [-0.1, -0.05) is 118 Å². The molecule has 0 unspecified atom stereocenters. The highest BCUT2D eigenvalue weighted by Gasteiger charge is 2.31. The van der Waals surface area contributed by atoms with E-state index in [0.29, 0.717) is 84.2 Å². The molecule has 0 atom stereocenters. The number of aromatic hydroxyl groups is 10. The van der Waals surface area contributed by atoms with Crippen LogP contribution in [0.2, 0.25) is 10.0 Å². The molecule has 0 fully saturated rings. The summed E-state index contributed by atoms with van der Waals surface area (Å²) in [5.74, 6) is -4.09. The molecule has 15 N–H and O–H groups in total. The lowest BCUT2D eigenvalue weighted by Gasteiger charge is -2.10. The summed E-state index contributed by atoms with van der Waals surface area (Å²) in [5.41, 5.74) is 7.55. The van der Waals surface area contributed by atoms with Crippen LogP contribution in [0.1, 0.15) is 90.0 Å². The normalized spacial score (nSPS) is 10.5. The Bertz CT molecular complexity index is 4430. The summed E-state index contributed by atoms with van der Waals surface area (Å²) in [4.78, 5) is 59.0. The summed E-state index contributed by atoms with van der Waals surface area (Å²) in [6, 6.07) is 53.3. The SMILES string of the molecule is Cc1cc(CNC(=O)CCc2ccc(O)c(O)c2)ccc1F.O=C(CCc1ccc(O)c(O)c1)NCc1ccc(Cl)cc1.O=C(CCc1ccc(O)c(O)c1)NCc1cccc(OC(F)(F)F)c1.O=C(NCc1ccc(Br)cc1)c1ccc(O)c(O)c1.O=C(NCc1ccc(Cl)cc1)c1ccc(O)c(O)c1. The second kappa shape index (κ2) is 41.4. The molecular formula is C78H74BrCl2F4N5O16. The van der Waals surface area contributed by atoms with Crippen LogP contribution in [0.4, 0.5) is 17.6 Å². The van der Waals surface area contributed by atoms with Crippen LogP contribution in [0.25, 0.3) is 0 Å². The molecular weight excluding hydrogens is 1490 g/mol. The number of hydrogen-bond acceptors (Lipinski definition) is 16. The molecule has 5 amide bonds. The van der Waals surface area contributed by atoms with Crippen molar-refractivity contribution in [3.8, 4) is 63.2 Å². The first kappa shape index (κ1) is 83.1. The molecule has 21 nitrogen and oxygen atoms in total. The van der Waals surface area contributed by atoms with Gasteiger partial charge in [0, 0.05) is 77.6 Å². The second-order valence-corrected chi connectivity index (χ2v) is 25.0. The van der Waals surface area contributed by atoms with Gasteiger partial charge in [-0.15, -0.1) is 13.2 Å². The van der Waals surface area contributed by atoms with Crippen LogP contribution < -0.4 is 31.3 Å².